The van der Waals surface area contributed by atoms with Crippen LogP contribution < -0.4 is 5.32 Å². The summed E-state index contributed by atoms with van der Waals surface area (Å²) in [6, 6.07) is 20.1. The third-order valence-corrected chi connectivity index (χ3v) is 4.08. The summed E-state index contributed by atoms with van der Waals surface area (Å²) in [5, 5.41) is 4.76. The molecule has 1 aliphatic rings. The molecule has 2 aromatic carbocycles. The maximum atomic E-state index is 4.43. The highest BCUT2D eigenvalue weighted by Crippen LogP contribution is 2.27. The van der Waals surface area contributed by atoms with Crippen LogP contribution in [0.2, 0.25) is 0 Å². The van der Waals surface area contributed by atoms with Crippen molar-refractivity contribution in [1.82, 2.24) is 10.3 Å². The minimum atomic E-state index is 0.758. The lowest BCUT2D eigenvalue weighted by atomic mass is 9.99. The predicted octanol–water partition coefficient (Wildman–Crippen LogP) is 4.15. The molecule has 1 heterocycles. The van der Waals surface area contributed by atoms with E-state index in [0.29, 0.717) is 0 Å². The summed E-state index contributed by atoms with van der Waals surface area (Å²) < 4.78 is 0. The first-order valence-electron chi connectivity index (χ1n) is 7.56. The predicted molar refractivity (Wildman–Crippen MR) is 87.0 cm³/mol. The Hall–Kier alpha value is -2.19. The van der Waals surface area contributed by atoms with E-state index in [1.54, 1.807) is 0 Å². The minimum Gasteiger partial charge on any atom is -0.310 e. The molecule has 0 aliphatic heterocycles. The Morgan fingerprint density at radius 2 is 1.81 bits per heavy atom. The van der Waals surface area contributed by atoms with Crippen molar-refractivity contribution >= 4 is 10.9 Å². The zero-order valence-corrected chi connectivity index (χ0v) is 11.9. The first kappa shape index (κ1) is 12.5. The van der Waals surface area contributed by atoms with E-state index in [1.165, 1.54) is 34.9 Å². The molecule has 0 atom stereocenters. The molecule has 104 valence electrons. The summed E-state index contributed by atoms with van der Waals surface area (Å²) in [4.78, 5) is 4.43. The number of fused-ring (bicyclic) bond motifs is 1. The lowest BCUT2D eigenvalue weighted by Gasteiger charge is -2.08. The van der Waals surface area contributed by atoms with Gasteiger partial charge < -0.3 is 5.32 Å². The van der Waals surface area contributed by atoms with E-state index in [2.05, 4.69) is 58.8 Å². The Bertz CT molecular complexity index is 753. The number of pyridine rings is 1. The van der Waals surface area contributed by atoms with Crippen LogP contribution >= 0.6 is 0 Å². The summed E-state index contributed by atoms with van der Waals surface area (Å²) in [6.45, 7) is 0.974. The number of rotatable bonds is 4. The van der Waals surface area contributed by atoms with Gasteiger partial charge in [-0.3, -0.25) is 4.98 Å². The molecule has 1 saturated carbocycles. The molecule has 1 fully saturated rings. The van der Waals surface area contributed by atoms with Crippen LogP contribution in [0, 0.1) is 0 Å². The molecular formula is C19H18N2. The summed E-state index contributed by atoms with van der Waals surface area (Å²) in [5.41, 5.74) is 4.91. The van der Waals surface area contributed by atoms with E-state index >= 15 is 0 Å². The van der Waals surface area contributed by atoms with E-state index in [9.17, 15) is 0 Å². The van der Waals surface area contributed by atoms with Crippen LogP contribution in [0.25, 0.3) is 22.0 Å². The highest BCUT2D eigenvalue weighted by atomic mass is 14.9. The molecule has 0 bridgehead atoms. The van der Waals surface area contributed by atoms with Gasteiger partial charge in [-0.25, -0.2) is 0 Å². The summed E-state index contributed by atoms with van der Waals surface area (Å²) in [6.07, 6.45) is 4.51. The van der Waals surface area contributed by atoms with Crippen molar-refractivity contribution in [1.29, 1.82) is 0 Å². The molecule has 0 amide bonds. The van der Waals surface area contributed by atoms with Crippen molar-refractivity contribution in [2.75, 3.05) is 0 Å². The fraction of sp³-hybridized carbons (Fsp3) is 0.211. The highest BCUT2D eigenvalue weighted by molar-refractivity contribution is 5.94. The second kappa shape index (κ2) is 5.30. The van der Waals surface area contributed by atoms with E-state index in [-0.39, 0.29) is 0 Å². The van der Waals surface area contributed by atoms with Crippen LogP contribution in [0.15, 0.2) is 60.8 Å². The first-order chi connectivity index (χ1) is 10.4. The van der Waals surface area contributed by atoms with Crippen molar-refractivity contribution in [3.05, 3.63) is 66.4 Å². The molecule has 1 N–H and O–H groups in total. The molecule has 2 nitrogen and oxygen atoms in total. The van der Waals surface area contributed by atoms with Gasteiger partial charge in [-0.1, -0.05) is 42.5 Å². The van der Waals surface area contributed by atoms with Crippen LogP contribution in [0.5, 0.6) is 0 Å². The Morgan fingerprint density at radius 3 is 2.62 bits per heavy atom. The molecule has 1 aromatic heterocycles. The monoisotopic (exact) mass is 274 g/mol. The number of nitrogens with one attached hydrogen (secondary N) is 1. The van der Waals surface area contributed by atoms with E-state index in [1.807, 2.05) is 12.3 Å². The van der Waals surface area contributed by atoms with Crippen molar-refractivity contribution in [3.8, 4) is 11.1 Å². The van der Waals surface area contributed by atoms with Crippen LogP contribution in [-0.4, -0.2) is 11.0 Å². The molecular weight excluding hydrogens is 256 g/mol. The first-order valence-corrected chi connectivity index (χ1v) is 7.56. The lowest BCUT2D eigenvalue weighted by Crippen LogP contribution is -2.14. The smallest absolute Gasteiger partial charge is 0.0708 e. The Labute approximate surface area is 124 Å². The van der Waals surface area contributed by atoms with Gasteiger partial charge in [-0.05, 0) is 41.7 Å². The standard InChI is InChI=1S/C19H18N2/c1-3-17(18-4-2-12-20-19(18)5-1)15-8-6-14(7-9-15)13-21-16-10-11-16/h1-9,12,16,21H,10-11,13H2. The average Bonchev–Trinajstić information content (AvgIpc) is 3.37. The van der Waals surface area contributed by atoms with Gasteiger partial charge in [0.15, 0.2) is 0 Å². The van der Waals surface area contributed by atoms with Gasteiger partial charge in [0.25, 0.3) is 0 Å². The van der Waals surface area contributed by atoms with E-state index in [0.717, 1.165) is 18.1 Å². The van der Waals surface area contributed by atoms with Gasteiger partial charge in [0.2, 0.25) is 0 Å². The fourth-order valence-corrected chi connectivity index (χ4v) is 2.71. The van der Waals surface area contributed by atoms with Gasteiger partial charge in [-0.15, -0.1) is 0 Å². The second-order valence-electron chi connectivity index (χ2n) is 5.73. The summed E-state index contributed by atoms with van der Waals surface area (Å²) >= 11 is 0. The number of nitrogens with zero attached hydrogens (tertiary/aromatic N) is 1. The number of hydrogen-bond acceptors (Lipinski definition) is 2. The number of aromatic nitrogens is 1. The maximum Gasteiger partial charge on any atom is 0.0708 e. The zero-order valence-electron chi connectivity index (χ0n) is 11.9. The van der Waals surface area contributed by atoms with Crippen molar-refractivity contribution in [3.63, 3.8) is 0 Å². The summed E-state index contributed by atoms with van der Waals surface area (Å²) in [5.74, 6) is 0. The number of hydrogen-bond donors (Lipinski definition) is 1. The third-order valence-electron chi connectivity index (χ3n) is 4.08. The normalized spacial score (nSPS) is 14.5. The topological polar surface area (TPSA) is 24.9 Å². The Morgan fingerprint density at radius 1 is 0.952 bits per heavy atom. The maximum absolute atomic E-state index is 4.43. The number of benzene rings is 2. The Kier molecular flexibility index (Phi) is 3.17. The molecule has 0 spiro atoms. The fourth-order valence-electron chi connectivity index (χ4n) is 2.71. The molecule has 0 radical (unpaired) electrons. The molecule has 2 heteroatoms. The van der Waals surface area contributed by atoms with E-state index in [4.69, 9.17) is 0 Å². The van der Waals surface area contributed by atoms with E-state index < -0.39 is 0 Å². The molecule has 0 saturated heterocycles. The van der Waals surface area contributed by atoms with Crippen molar-refractivity contribution in [2.45, 2.75) is 25.4 Å². The van der Waals surface area contributed by atoms with Crippen molar-refractivity contribution < 1.29 is 0 Å². The summed E-state index contributed by atoms with van der Waals surface area (Å²) in [7, 11) is 0. The van der Waals surface area contributed by atoms with Gasteiger partial charge in [0, 0.05) is 24.2 Å². The van der Waals surface area contributed by atoms with Crippen LogP contribution in [-0.2, 0) is 6.54 Å². The minimum absolute atomic E-state index is 0.758. The molecule has 0 unspecified atom stereocenters. The zero-order chi connectivity index (χ0) is 14.1. The SMILES string of the molecule is c1cc(-c2ccc(CNC3CC3)cc2)c2cccnc2c1. The molecule has 3 aromatic rings. The molecule has 4 rings (SSSR count). The van der Waals surface area contributed by atoms with Gasteiger partial charge in [0.1, 0.15) is 0 Å². The molecule has 1 aliphatic carbocycles. The lowest BCUT2D eigenvalue weighted by molar-refractivity contribution is 0.688. The van der Waals surface area contributed by atoms with Crippen molar-refractivity contribution in [2.24, 2.45) is 0 Å². The molecule has 21 heavy (non-hydrogen) atoms. The highest BCUT2D eigenvalue weighted by Gasteiger charge is 2.19. The van der Waals surface area contributed by atoms with Gasteiger partial charge in [-0.2, -0.15) is 0 Å². The van der Waals surface area contributed by atoms with Gasteiger partial charge in [0.05, 0.1) is 5.52 Å². The average molecular weight is 274 g/mol. The van der Waals surface area contributed by atoms with Crippen LogP contribution in [0.3, 0.4) is 0 Å². The van der Waals surface area contributed by atoms with Crippen LogP contribution in [0.4, 0.5) is 0 Å². The second-order valence-corrected chi connectivity index (χ2v) is 5.73. The van der Waals surface area contributed by atoms with Crippen LogP contribution in [0.1, 0.15) is 18.4 Å². The Balaban J connectivity index is 1.65. The third kappa shape index (κ3) is 2.67. The van der Waals surface area contributed by atoms with Gasteiger partial charge >= 0.3 is 0 Å². The quantitative estimate of drug-likeness (QED) is 0.773. The largest absolute Gasteiger partial charge is 0.310 e.